The predicted octanol–water partition coefficient (Wildman–Crippen LogP) is 5.15. The Bertz CT molecular complexity index is 1350. The van der Waals surface area contributed by atoms with Gasteiger partial charge in [0.2, 0.25) is 5.43 Å². The van der Waals surface area contributed by atoms with Crippen LogP contribution in [0.15, 0.2) is 76.1 Å². The zero-order valence-corrected chi connectivity index (χ0v) is 17.5. The first-order chi connectivity index (χ1) is 14.6. The second-order valence-electron chi connectivity index (χ2n) is 7.74. The molecule has 1 aliphatic rings. The minimum Gasteiger partial charge on any atom is -0.452 e. The van der Waals surface area contributed by atoms with Crippen molar-refractivity contribution in [2.75, 3.05) is 0 Å². The van der Waals surface area contributed by atoms with Crippen molar-refractivity contribution < 1.29 is 4.42 Å². The lowest BCUT2D eigenvalue weighted by Gasteiger charge is -2.38. The summed E-state index contributed by atoms with van der Waals surface area (Å²) in [5.74, 6) is 0.427. The molecule has 0 bridgehead atoms. The van der Waals surface area contributed by atoms with Crippen LogP contribution in [0.2, 0.25) is 0 Å². The Kier molecular flexibility index (Phi) is 5.36. The molecule has 1 fully saturated rings. The predicted molar refractivity (Wildman–Crippen MR) is 123 cm³/mol. The third-order valence-electron chi connectivity index (χ3n) is 5.94. The molecule has 2 aromatic carbocycles. The summed E-state index contributed by atoms with van der Waals surface area (Å²) in [4.78, 5) is 17.6. The van der Waals surface area contributed by atoms with Crippen molar-refractivity contribution in [3.05, 3.63) is 88.3 Å². The van der Waals surface area contributed by atoms with Crippen LogP contribution in [0.1, 0.15) is 30.5 Å². The molecule has 5 rings (SSSR count). The molecule has 0 aliphatic heterocycles. The number of pyridine rings is 1. The summed E-state index contributed by atoms with van der Waals surface area (Å²) in [7, 11) is 0. The van der Waals surface area contributed by atoms with Crippen LogP contribution in [0.3, 0.4) is 0 Å². The van der Waals surface area contributed by atoms with Gasteiger partial charge in [0.25, 0.3) is 0 Å². The van der Waals surface area contributed by atoms with E-state index in [0.717, 1.165) is 36.0 Å². The van der Waals surface area contributed by atoms with E-state index in [2.05, 4.69) is 4.98 Å². The van der Waals surface area contributed by atoms with Gasteiger partial charge in [-0.1, -0.05) is 54.6 Å². The minimum atomic E-state index is -0.262. The van der Waals surface area contributed by atoms with Crippen LogP contribution in [0.4, 0.5) is 0 Å². The third-order valence-corrected chi connectivity index (χ3v) is 5.94. The number of nitriles is 1. The molecule has 154 valence electrons. The molecule has 0 radical (unpaired) electrons. The molecule has 2 N–H and O–H groups in total. The Morgan fingerprint density at radius 1 is 1.00 bits per heavy atom. The molecule has 2 heterocycles. The van der Waals surface area contributed by atoms with Gasteiger partial charge in [0.15, 0.2) is 11.3 Å². The van der Waals surface area contributed by atoms with Gasteiger partial charge in [-0.3, -0.25) is 4.79 Å². The Morgan fingerprint density at radius 3 is 2.32 bits per heavy atom. The zero-order chi connectivity index (χ0) is 20.7. The van der Waals surface area contributed by atoms with Crippen LogP contribution < -0.4 is 11.2 Å². The molecule has 0 unspecified atom stereocenters. The van der Waals surface area contributed by atoms with Gasteiger partial charge in [0.1, 0.15) is 11.8 Å². The number of benzene rings is 2. The summed E-state index contributed by atoms with van der Waals surface area (Å²) in [6.45, 7) is 0. The minimum absolute atomic E-state index is 0. The highest BCUT2D eigenvalue weighted by Crippen LogP contribution is 2.40. The van der Waals surface area contributed by atoms with Crippen LogP contribution in [-0.4, -0.2) is 4.98 Å². The average Bonchev–Trinajstić information content (AvgIpc) is 2.78. The van der Waals surface area contributed by atoms with Gasteiger partial charge < -0.3 is 10.2 Å². The zero-order valence-electron chi connectivity index (χ0n) is 16.7. The molecule has 6 heteroatoms. The summed E-state index contributed by atoms with van der Waals surface area (Å²) in [6.07, 6.45) is 4.55. The van der Waals surface area contributed by atoms with E-state index < -0.39 is 0 Å². The quantitative estimate of drug-likeness (QED) is 0.486. The number of fused-ring (bicyclic) bond motifs is 1. The van der Waals surface area contributed by atoms with Crippen molar-refractivity contribution in [1.29, 1.82) is 5.26 Å². The van der Waals surface area contributed by atoms with Crippen molar-refractivity contribution in [1.82, 2.24) is 4.98 Å². The lowest BCUT2D eigenvalue weighted by atomic mass is 9.72. The van der Waals surface area contributed by atoms with E-state index in [0.29, 0.717) is 16.7 Å². The van der Waals surface area contributed by atoms with Gasteiger partial charge in [-0.15, -0.1) is 12.4 Å². The number of nitrogens with zero attached hydrogens (tertiary/aromatic N) is 2. The van der Waals surface area contributed by atoms with Crippen molar-refractivity contribution in [2.45, 2.75) is 24.8 Å². The SMILES string of the molecule is Cl.N#Cc1nccc2c(=O)c(-c3ccc(C4(N)CCC4)cc3)c(-c3ccccc3)oc12. The second-order valence-corrected chi connectivity index (χ2v) is 7.74. The van der Waals surface area contributed by atoms with Crippen LogP contribution in [-0.2, 0) is 5.54 Å². The molecule has 5 nitrogen and oxygen atoms in total. The average molecular weight is 430 g/mol. The maximum absolute atomic E-state index is 13.5. The number of aromatic nitrogens is 1. The molecule has 1 saturated carbocycles. The van der Waals surface area contributed by atoms with Crippen molar-refractivity contribution >= 4 is 23.4 Å². The largest absolute Gasteiger partial charge is 0.452 e. The molecular formula is C25H20ClN3O2. The summed E-state index contributed by atoms with van der Waals surface area (Å²) in [5, 5.41) is 9.77. The Labute approximate surface area is 185 Å². The summed E-state index contributed by atoms with van der Waals surface area (Å²) < 4.78 is 6.16. The Hall–Kier alpha value is -3.46. The fraction of sp³-hybridized carbons (Fsp3) is 0.160. The summed E-state index contributed by atoms with van der Waals surface area (Å²) >= 11 is 0. The molecule has 0 amide bonds. The number of nitrogens with two attached hydrogens (primary N) is 1. The Morgan fingerprint density at radius 2 is 1.71 bits per heavy atom. The first-order valence-electron chi connectivity index (χ1n) is 9.92. The number of rotatable bonds is 3. The van der Waals surface area contributed by atoms with E-state index in [1.165, 1.54) is 6.20 Å². The van der Waals surface area contributed by atoms with E-state index in [1.54, 1.807) is 6.07 Å². The van der Waals surface area contributed by atoms with Crippen molar-refractivity contribution in [3.8, 4) is 28.5 Å². The van der Waals surface area contributed by atoms with E-state index in [-0.39, 0.29) is 34.7 Å². The van der Waals surface area contributed by atoms with Gasteiger partial charge in [-0.25, -0.2) is 4.98 Å². The monoisotopic (exact) mass is 429 g/mol. The van der Waals surface area contributed by atoms with Gasteiger partial charge in [0.05, 0.1) is 10.9 Å². The number of hydrogen-bond acceptors (Lipinski definition) is 5. The normalized spacial score (nSPS) is 14.3. The van der Waals surface area contributed by atoms with Gasteiger partial charge in [-0.2, -0.15) is 5.26 Å². The first-order valence-corrected chi connectivity index (χ1v) is 9.92. The molecule has 31 heavy (non-hydrogen) atoms. The maximum Gasteiger partial charge on any atom is 0.201 e. The number of halogens is 1. The maximum atomic E-state index is 13.5. The fourth-order valence-corrected chi connectivity index (χ4v) is 4.07. The fourth-order valence-electron chi connectivity index (χ4n) is 4.07. The Balaban J connectivity index is 0.00000231. The van der Waals surface area contributed by atoms with Gasteiger partial charge in [-0.05, 0) is 36.5 Å². The van der Waals surface area contributed by atoms with E-state index in [9.17, 15) is 10.1 Å². The van der Waals surface area contributed by atoms with Crippen LogP contribution in [0.5, 0.6) is 0 Å². The van der Waals surface area contributed by atoms with E-state index >= 15 is 0 Å². The van der Waals surface area contributed by atoms with E-state index in [4.69, 9.17) is 10.2 Å². The van der Waals surface area contributed by atoms with Gasteiger partial charge in [0, 0.05) is 17.3 Å². The van der Waals surface area contributed by atoms with E-state index in [1.807, 2.05) is 60.7 Å². The third kappa shape index (κ3) is 3.40. The van der Waals surface area contributed by atoms with Crippen molar-refractivity contribution in [3.63, 3.8) is 0 Å². The van der Waals surface area contributed by atoms with Gasteiger partial charge >= 0.3 is 0 Å². The molecular weight excluding hydrogens is 410 g/mol. The van der Waals surface area contributed by atoms with Crippen LogP contribution in [0, 0.1) is 11.3 Å². The smallest absolute Gasteiger partial charge is 0.201 e. The summed E-state index contributed by atoms with van der Waals surface area (Å²) in [5.41, 5.74) is 9.38. The highest BCUT2D eigenvalue weighted by molar-refractivity contribution is 5.90. The lowest BCUT2D eigenvalue weighted by molar-refractivity contribution is 0.253. The highest BCUT2D eigenvalue weighted by atomic mass is 35.5. The number of hydrogen-bond donors (Lipinski definition) is 1. The molecule has 1 aliphatic carbocycles. The summed E-state index contributed by atoms with van der Waals surface area (Å²) in [6, 6.07) is 20.9. The van der Waals surface area contributed by atoms with Crippen LogP contribution in [0.25, 0.3) is 33.4 Å². The van der Waals surface area contributed by atoms with Crippen molar-refractivity contribution in [2.24, 2.45) is 5.73 Å². The standard InChI is InChI=1S/C25H19N3O2.ClH/c26-15-20-24-19(11-14-28-20)22(29)21(23(30-24)17-5-2-1-3-6-17)16-7-9-18(10-8-16)25(27)12-4-13-25;/h1-3,5-11,14H,4,12-13,27H2;1H. The lowest BCUT2D eigenvalue weighted by Crippen LogP contribution is -2.43. The molecule has 0 spiro atoms. The molecule has 0 saturated heterocycles. The molecule has 0 atom stereocenters. The second kappa shape index (κ2) is 7.99. The molecule has 4 aromatic rings. The first kappa shape index (κ1) is 20.8. The topological polar surface area (TPSA) is 92.9 Å². The highest BCUT2D eigenvalue weighted by Gasteiger charge is 2.34. The molecule has 2 aromatic heterocycles. The van der Waals surface area contributed by atoms with Crippen LogP contribution >= 0.6 is 12.4 Å².